The number of halogens is 1. The van der Waals surface area contributed by atoms with Crippen molar-refractivity contribution in [3.05, 3.63) is 38.3 Å². The molecule has 104 valence electrons. The monoisotopic (exact) mass is 351 g/mol. The summed E-state index contributed by atoms with van der Waals surface area (Å²) >= 11 is 2.99. The van der Waals surface area contributed by atoms with Crippen LogP contribution in [-0.2, 0) is 20.4 Å². The van der Waals surface area contributed by atoms with E-state index in [1.54, 1.807) is 0 Å². The van der Waals surface area contributed by atoms with Gasteiger partial charge in [-0.3, -0.25) is 14.9 Å². The number of sulfone groups is 1. The van der Waals surface area contributed by atoms with Crippen LogP contribution in [0.2, 0.25) is 0 Å². The Bertz CT molecular complexity index is 612. The number of aliphatic carboxylic acids is 1. The van der Waals surface area contributed by atoms with Crippen LogP contribution in [0.1, 0.15) is 12.0 Å². The number of carbonyl (C=O) groups is 1. The van der Waals surface area contributed by atoms with Crippen LogP contribution in [0.5, 0.6) is 0 Å². The Kier molecular flexibility index (Phi) is 5.01. The second kappa shape index (κ2) is 6.11. The van der Waals surface area contributed by atoms with Crippen molar-refractivity contribution in [2.75, 3.05) is 5.75 Å². The Morgan fingerprint density at radius 2 is 2.05 bits per heavy atom. The smallest absolute Gasteiger partial charge is 0.304 e. The minimum atomic E-state index is -3.63. The number of nitrogens with zero attached hydrogens (tertiary/aromatic N) is 1. The molecule has 7 nitrogen and oxygen atoms in total. The molecule has 0 heterocycles. The van der Waals surface area contributed by atoms with Crippen LogP contribution in [0.25, 0.3) is 0 Å². The lowest BCUT2D eigenvalue weighted by molar-refractivity contribution is -0.385. The summed E-state index contributed by atoms with van der Waals surface area (Å²) < 4.78 is 23.5. The van der Waals surface area contributed by atoms with Crippen LogP contribution in [-0.4, -0.2) is 30.2 Å². The molecule has 0 aliphatic rings. The zero-order valence-electron chi connectivity index (χ0n) is 9.58. The molecular weight excluding hydrogens is 342 g/mol. The van der Waals surface area contributed by atoms with Crippen LogP contribution in [0, 0.1) is 10.1 Å². The molecule has 1 rings (SSSR count). The molecule has 1 N–H and O–H groups in total. The van der Waals surface area contributed by atoms with E-state index >= 15 is 0 Å². The Hall–Kier alpha value is -1.48. The van der Waals surface area contributed by atoms with Crippen LogP contribution < -0.4 is 0 Å². The van der Waals surface area contributed by atoms with Gasteiger partial charge in [0.25, 0.3) is 5.69 Å². The standard InChI is InChI=1S/C10H10BrNO6S/c11-10-7(2-1-3-8(10)12(15)16)6-19(17,18)5-4-9(13)14/h1-3H,4-6H2,(H,13,14). The maximum Gasteiger partial charge on any atom is 0.304 e. The van der Waals surface area contributed by atoms with E-state index in [0.29, 0.717) is 0 Å². The van der Waals surface area contributed by atoms with Gasteiger partial charge in [0.2, 0.25) is 0 Å². The maximum absolute atomic E-state index is 11.7. The molecule has 0 saturated heterocycles. The third-order valence-electron chi connectivity index (χ3n) is 2.26. The molecule has 0 atom stereocenters. The lowest BCUT2D eigenvalue weighted by Gasteiger charge is -2.05. The fraction of sp³-hybridized carbons (Fsp3) is 0.300. The minimum Gasteiger partial charge on any atom is -0.481 e. The minimum absolute atomic E-state index is 0.0962. The number of carboxylic acid groups (broad SMARTS) is 1. The van der Waals surface area contributed by atoms with Crippen molar-refractivity contribution in [2.45, 2.75) is 12.2 Å². The summed E-state index contributed by atoms with van der Waals surface area (Å²) in [6, 6.07) is 4.07. The van der Waals surface area contributed by atoms with Gasteiger partial charge in [-0.2, -0.15) is 0 Å². The van der Waals surface area contributed by atoms with Crippen molar-refractivity contribution in [2.24, 2.45) is 0 Å². The van der Waals surface area contributed by atoms with Crippen LogP contribution in [0.3, 0.4) is 0 Å². The first-order chi connectivity index (χ1) is 8.73. The SMILES string of the molecule is O=C(O)CCS(=O)(=O)Cc1cccc([N+](=O)[O-])c1Br. The fourth-order valence-corrected chi connectivity index (χ4v) is 3.45. The van der Waals surface area contributed by atoms with Gasteiger partial charge in [-0.1, -0.05) is 12.1 Å². The summed E-state index contributed by atoms with van der Waals surface area (Å²) in [4.78, 5) is 20.4. The lowest BCUT2D eigenvalue weighted by atomic mass is 10.2. The van der Waals surface area contributed by atoms with Crippen LogP contribution >= 0.6 is 15.9 Å². The van der Waals surface area contributed by atoms with Crippen molar-refractivity contribution in [1.82, 2.24) is 0 Å². The second-order valence-electron chi connectivity index (χ2n) is 3.74. The first-order valence-electron chi connectivity index (χ1n) is 5.07. The van der Waals surface area contributed by atoms with E-state index in [1.807, 2.05) is 0 Å². The molecule has 0 aromatic heterocycles. The van der Waals surface area contributed by atoms with Crippen molar-refractivity contribution in [3.8, 4) is 0 Å². The summed E-state index contributed by atoms with van der Waals surface area (Å²) in [5.74, 6) is -2.15. The highest BCUT2D eigenvalue weighted by atomic mass is 79.9. The highest BCUT2D eigenvalue weighted by Gasteiger charge is 2.20. The maximum atomic E-state index is 11.7. The number of benzene rings is 1. The van der Waals surface area contributed by atoms with Gasteiger partial charge in [-0.15, -0.1) is 0 Å². The summed E-state index contributed by atoms with van der Waals surface area (Å²) in [6.45, 7) is 0. The predicted molar refractivity (Wildman–Crippen MR) is 70.5 cm³/mol. The van der Waals surface area contributed by atoms with Gasteiger partial charge < -0.3 is 5.11 Å². The second-order valence-corrected chi connectivity index (χ2v) is 6.72. The summed E-state index contributed by atoms with van der Waals surface area (Å²) in [5, 5.41) is 19.2. The van der Waals surface area contributed by atoms with Gasteiger partial charge in [0.05, 0.1) is 27.3 Å². The molecule has 0 spiro atoms. The van der Waals surface area contributed by atoms with E-state index in [9.17, 15) is 23.3 Å². The van der Waals surface area contributed by atoms with Gasteiger partial charge in [-0.25, -0.2) is 8.42 Å². The number of hydrogen-bond donors (Lipinski definition) is 1. The Morgan fingerprint density at radius 3 is 2.58 bits per heavy atom. The molecule has 0 saturated carbocycles. The lowest BCUT2D eigenvalue weighted by Crippen LogP contribution is -2.13. The van der Waals surface area contributed by atoms with E-state index in [1.165, 1.54) is 18.2 Å². The Morgan fingerprint density at radius 1 is 1.42 bits per heavy atom. The quantitative estimate of drug-likeness (QED) is 0.616. The van der Waals surface area contributed by atoms with Gasteiger partial charge in [-0.05, 0) is 21.5 Å². The third kappa shape index (κ3) is 4.60. The highest BCUT2D eigenvalue weighted by molar-refractivity contribution is 9.10. The Labute approximate surface area is 117 Å². The number of nitro groups is 1. The van der Waals surface area contributed by atoms with E-state index < -0.39 is 38.7 Å². The van der Waals surface area contributed by atoms with Crippen LogP contribution in [0.4, 0.5) is 5.69 Å². The van der Waals surface area contributed by atoms with Gasteiger partial charge in [0, 0.05) is 6.07 Å². The summed E-state index contributed by atoms with van der Waals surface area (Å²) in [5.41, 5.74) is 0.00511. The molecule has 1 aromatic rings. The van der Waals surface area contributed by atoms with E-state index in [4.69, 9.17) is 5.11 Å². The van der Waals surface area contributed by atoms with Crippen LogP contribution in [0.15, 0.2) is 22.7 Å². The Balaban J connectivity index is 2.97. The molecule has 0 aliphatic carbocycles. The largest absolute Gasteiger partial charge is 0.481 e. The average Bonchev–Trinajstić information content (AvgIpc) is 2.29. The zero-order valence-corrected chi connectivity index (χ0v) is 12.0. The summed E-state index contributed by atoms with van der Waals surface area (Å²) in [6.07, 6.45) is -0.491. The third-order valence-corrected chi connectivity index (χ3v) is 4.75. The van der Waals surface area contributed by atoms with Gasteiger partial charge in [0.1, 0.15) is 0 Å². The molecule has 0 radical (unpaired) electrons. The van der Waals surface area contributed by atoms with Crippen molar-refractivity contribution in [3.63, 3.8) is 0 Å². The first-order valence-corrected chi connectivity index (χ1v) is 7.68. The molecule has 0 aliphatic heterocycles. The molecule has 0 unspecified atom stereocenters. The number of carboxylic acids is 1. The predicted octanol–water partition coefficient (Wildman–Crippen LogP) is 1.75. The average molecular weight is 352 g/mol. The van der Waals surface area contributed by atoms with E-state index in [2.05, 4.69) is 15.9 Å². The normalized spacial score (nSPS) is 11.2. The molecule has 19 heavy (non-hydrogen) atoms. The van der Waals surface area contributed by atoms with E-state index in [0.717, 1.165) is 0 Å². The fourth-order valence-electron chi connectivity index (χ4n) is 1.37. The molecule has 0 bridgehead atoms. The zero-order chi connectivity index (χ0) is 14.6. The highest BCUT2D eigenvalue weighted by Crippen LogP contribution is 2.29. The van der Waals surface area contributed by atoms with Crippen molar-refractivity contribution >= 4 is 37.4 Å². The topological polar surface area (TPSA) is 115 Å². The summed E-state index contributed by atoms with van der Waals surface area (Å²) in [7, 11) is -3.63. The number of hydrogen-bond acceptors (Lipinski definition) is 5. The molecule has 0 fully saturated rings. The first kappa shape index (κ1) is 15.6. The van der Waals surface area contributed by atoms with Gasteiger partial charge >= 0.3 is 5.97 Å². The van der Waals surface area contributed by atoms with Crippen molar-refractivity contribution in [1.29, 1.82) is 0 Å². The van der Waals surface area contributed by atoms with Gasteiger partial charge in [0.15, 0.2) is 9.84 Å². The van der Waals surface area contributed by atoms with E-state index in [-0.39, 0.29) is 15.7 Å². The number of nitro benzene ring substituents is 1. The molecule has 0 amide bonds. The molecule has 1 aromatic carbocycles. The molecular formula is C10H10BrNO6S. The molecule has 9 heteroatoms. The van der Waals surface area contributed by atoms with Crippen molar-refractivity contribution < 1.29 is 23.2 Å². The number of rotatable bonds is 6.